The van der Waals surface area contributed by atoms with Gasteiger partial charge in [0.15, 0.2) is 0 Å². The number of likely N-dealkylation sites (tertiary alicyclic amines) is 1. The van der Waals surface area contributed by atoms with Crippen LogP contribution in [-0.2, 0) is 4.79 Å². The van der Waals surface area contributed by atoms with E-state index >= 15 is 0 Å². The molecule has 3 N–H and O–H groups in total. The van der Waals surface area contributed by atoms with Crippen LogP contribution < -0.4 is 5.73 Å². The van der Waals surface area contributed by atoms with Gasteiger partial charge < -0.3 is 15.7 Å². The van der Waals surface area contributed by atoms with Crippen molar-refractivity contribution in [3.63, 3.8) is 0 Å². The Hall–Kier alpha value is -0.610. The fourth-order valence-corrected chi connectivity index (χ4v) is 3.56. The van der Waals surface area contributed by atoms with Gasteiger partial charge in [-0.3, -0.25) is 4.79 Å². The van der Waals surface area contributed by atoms with Gasteiger partial charge >= 0.3 is 0 Å². The minimum absolute atomic E-state index is 0.00233. The Morgan fingerprint density at radius 1 is 1.28 bits per heavy atom. The molecule has 104 valence electrons. The molecule has 4 nitrogen and oxygen atoms in total. The maximum atomic E-state index is 12.7. The van der Waals surface area contributed by atoms with Crippen LogP contribution in [-0.4, -0.2) is 41.1 Å². The molecule has 0 aromatic carbocycles. The molecular weight excluding hydrogens is 228 g/mol. The number of carbonyl (C=O) groups is 1. The summed E-state index contributed by atoms with van der Waals surface area (Å²) in [5.74, 6) is 0.530. The Labute approximate surface area is 110 Å². The summed E-state index contributed by atoms with van der Waals surface area (Å²) in [5, 5.41) is 9.42. The van der Waals surface area contributed by atoms with Crippen molar-refractivity contribution in [3.8, 4) is 0 Å². The van der Waals surface area contributed by atoms with Crippen LogP contribution in [0.2, 0.25) is 0 Å². The lowest BCUT2D eigenvalue weighted by molar-refractivity contribution is -0.143. The molecule has 0 aromatic rings. The number of amides is 1. The largest absolute Gasteiger partial charge is 0.394 e. The van der Waals surface area contributed by atoms with Crippen molar-refractivity contribution < 1.29 is 9.90 Å². The van der Waals surface area contributed by atoms with Crippen molar-refractivity contribution in [2.45, 2.75) is 57.5 Å². The zero-order valence-electron chi connectivity index (χ0n) is 11.3. The lowest BCUT2D eigenvalue weighted by Crippen LogP contribution is -2.54. The Kier molecular flexibility index (Phi) is 4.62. The minimum atomic E-state index is -0.0362. The smallest absolute Gasteiger partial charge is 0.227 e. The highest BCUT2D eigenvalue weighted by atomic mass is 16.3. The average Bonchev–Trinajstić information content (AvgIpc) is 2.38. The predicted molar refractivity (Wildman–Crippen MR) is 70.9 cm³/mol. The van der Waals surface area contributed by atoms with Gasteiger partial charge in [-0.2, -0.15) is 0 Å². The van der Waals surface area contributed by atoms with Crippen molar-refractivity contribution in [1.29, 1.82) is 0 Å². The number of nitrogens with zero attached hydrogens (tertiary/aromatic N) is 1. The summed E-state index contributed by atoms with van der Waals surface area (Å²) in [7, 11) is 0. The highest BCUT2D eigenvalue weighted by molar-refractivity contribution is 5.80. The van der Waals surface area contributed by atoms with Crippen LogP contribution in [0.4, 0.5) is 0 Å². The van der Waals surface area contributed by atoms with Crippen molar-refractivity contribution in [2.75, 3.05) is 13.2 Å². The second kappa shape index (κ2) is 6.02. The van der Waals surface area contributed by atoms with Crippen molar-refractivity contribution in [1.82, 2.24) is 4.90 Å². The molecule has 1 saturated carbocycles. The van der Waals surface area contributed by atoms with E-state index in [4.69, 9.17) is 5.73 Å². The van der Waals surface area contributed by atoms with Crippen LogP contribution in [0.1, 0.15) is 45.4 Å². The molecule has 0 bridgehead atoms. The number of hydrogen-bond donors (Lipinski definition) is 2. The SMILES string of the molecule is CC1CCCC(N)C1C(=O)N1CCCCC1CO. The highest BCUT2D eigenvalue weighted by Crippen LogP contribution is 2.32. The number of rotatable bonds is 2. The van der Waals surface area contributed by atoms with Gasteiger partial charge in [0.1, 0.15) is 0 Å². The Bertz CT molecular complexity index is 286. The quantitative estimate of drug-likeness (QED) is 0.776. The van der Waals surface area contributed by atoms with Gasteiger partial charge in [0.25, 0.3) is 0 Å². The Morgan fingerprint density at radius 3 is 2.72 bits per heavy atom. The summed E-state index contributed by atoms with van der Waals surface area (Å²) in [5.41, 5.74) is 6.15. The summed E-state index contributed by atoms with van der Waals surface area (Å²) in [6.07, 6.45) is 6.29. The molecule has 1 heterocycles. The molecule has 4 atom stereocenters. The maximum absolute atomic E-state index is 12.7. The third-order valence-corrected chi connectivity index (χ3v) is 4.68. The Morgan fingerprint density at radius 2 is 2.06 bits per heavy atom. The fourth-order valence-electron chi connectivity index (χ4n) is 3.56. The van der Waals surface area contributed by atoms with E-state index in [2.05, 4.69) is 6.92 Å². The molecule has 0 aromatic heterocycles. The first kappa shape index (κ1) is 13.8. The van der Waals surface area contributed by atoms with Gasteiger partial charge in [-0.05, 0) is 38.0 Å². The summed E-state index contributed by atoms with van der Waals surface area (Å²) >= 11 is 0. The minimum Gasteiger partial charge on any atom is -0.394 e. The normalized spacial score (nSPS) is 37.6. The molecule has 4 unspecified atom stereocenters. The number of hydrogen-bond acceptors (Lipinski definition) is 3. The maximum Gasteiger partial charge on any atom is 0.227 e. The van der Waals surface area contributed by atoms with Crippen LogP contribution in [0.5, 0.6) is 0 Å². The van der Waals surface area contributed by atoms with Crippen LogP contribution in [0.3, 0.4) is 0 Å². The number of nitrogens with two attached hydrogens (primary N) is 1. The van der Waals surface area contributed by atoms with Crippen LogP contribution >= 0.6 is 0 Å². The number of aliphatic hydroxyl groups is 1. The summed E-state index contributed by atoms with van der Waals surface area (Å²) in [6, 6.07) is 0.0232. The van der Waals surface area contributed by atoms with E-state index in [1.807, 2.05) is 4.90 Å². The molecule has 2 rings (SSSR count). The third-order valence-electron chi connectivity index (χ3n) is 4.68. The lowest BCUT2D eigenvalue weighted by Gasteiger charge is -2.41. The van der Waals surface area contributed by atoms with E-state index in [1.54, 1.807) is 0 Å². The standard InChI is InChI=1S/C14H26N2O2/c1-10-5-4-7-12(15)13(10)14(18)16-8-3-2-6-11(16)9-17/h10-13,17H,2-9,15H2,1H3. The molecule has 1 amide bonds. The molecule has 18 heavy (non-hydrogen) atoms. The zero-order chi connectivity index (χ0) is 13.1. The number of aliphatic hydroxyl groups excluding tert-OH is 1. The summed E-state index contributed by atoms with van der Waals surface area (Å²) in [4.78, 5) is 14.6. The van der Waals surface area contributed by atoms with Crippen LogP contribution in [0.15, 0.2) is 0 Å². The number of piperidine rings is 1. The van der Waals surface area contributed by atoms with E-state index in [1.165, 1.54) is 0 Å². The van der Waals surface area contributed by atoms with Crippen molar-refractivity contribution >= 4 is 5.91 Å². The van der Waals surface area contributed by atoms with Crippen LogP contribution in [0.25, 0.3) is 0 Å². The molecule has 2 aliphatic rings. The molecular formula is C14H26N2O2. The lowest BCUT2D eigenvalue weighted by atomic mass is 9.76. The van der Waals surface area contributed by atoms with Gasteiger partial charge in [-0.25, -0.2) is 0 Å². The first-order chi connectivity index (χ1) is 8.65. The number of carbonyl (C=O) groups excluding carboxylic acids is 1. The van der Waals surface area contributed by atoms with Gasteiger partial charge in [0, 0.05) is 12.6 Å². The van der Waals surface area contributed by atoms with Gasteiger partial charge in [0.2, 0.25) is 5.91 Å². The van der Waals surface area contributed by atoms with Crippen molar-refractivity contribution in [3.05, 3.63) is 0 Å². The van der Waals surface area contributed by atoms with Gasteiger partial charge in [-0.15, -0.1) is 0 Å². The molecule has 4 heteroatoms. The summed E-state index contributed by atoms with van der Waals surface area (Å²) < 4.78 is 0. The average molecular weight is 254 g/mol. The summed E-state index contributed by atoms with van der Waals surface area (Å²) in [6.45, 7) is 3.02. The van der Waals surface area contributed by atoms with Crippen molar-refractivity contribution in [2.24, 2.45) is 17.6 Å². The highest BCUT2D eigenvalue weighted by Gasteiger charge is 2.38. The van der Waals surface area contributed by atoms with Gasteiger partial charge in [-0.1, -0.05) is 13.3 Å². The monoisotopic (exact) mass is 254 g/mol. The molecule has 2 fully saturated rings. The van der Waals surface area contributed by atoms with E-state index in [-0.39, 0.29) is 30.5 Å². The molecule has 0 spiro atoms. The third kappa shape index (κ3) is 2.69. The second-order valence-electron chi connectivity index (χ2n) is 5.96. The van der Waals surface area contributed by atoms with Gasteiger partial charge in [0.05, 0.1) is 18.6 Å². The topological polar surface area (TPSA) is 66.6 Å². The Balaban J connectivity index is 2.08. The first-order valence-corrected chi connectivity index (χ1v) is 7.32. The predicted octanol–water partition coefficient (Wildman–Crippen LogP) is 1.12. The molecule has 1 aliphatic carbocycles. The van der Waals surface area contributed by atoms with E-state index in [0.717, 1.165) is 45.1 Å². The molecule has 1 aliphatic heterocycles. The zero-order valence-corrected chi connectivity index (χ0v) is 11.3. The van der Waals surface area contributed by atoms with E-state index in [0.29, 0.717) is 5.92 Å². The van der Waals surface area contributed by atoms with E-state index in [9.17, 15) is 9.90 Å². The second-order valence-corrected chi connectivity index (χ2v) is 5.96. The fraction of sp³-hybridized carbons (Fsp3) is 0.929. The molecule has 1 saturated heterocycles. The first-order valence-electron chi connectivity index (χ1n) is 7.32. The van der Waals surface area contributed by atoms with Crippen LogP contribution in [0, 0.1) is 11.8 Å². The van der Waals surface area contributed by atoms with E-state index < -0.39 is 0 Å². The molecule has 0 radical (unpaired) electrons.